The summed E-state index contributed by atoms with van der Waals surface area (Å²) >= 11 is 0. The number of ether oxygens (including phenoxy) is 1. The summed E-state index contributed by atoms with van der Waals surface area (Å²) in [5.74, 6) is -0.485. The highest BCUT2D eigenvalue weighted by Crippen LogP contribution is 2.38. The Labute approximate surface area is 166 Å². The van der Waals surface area contributed by atoms with Gasteiger partial charge in [0.2, 0.25) is 5.91 Å². The fraction of sp³-hybridized carbons (Fsp3) is 0.235. The largest absolute Gasteiger partial charge is 0.497 e. The highest BCUT2D eigenvalue weighted by atomic mass is 32.2. The average molecular weight is 456 g/mol. The fourth-order valence-electron chi connectivity index (χ4n) is 2.32. The number of halogens is 6. The maximum atomic E-state index is 13.0. The molecule has 6 nitrogen and oxygen atoms in total. The van der Waals surface area contributed by atoms with Crippen molar-refractivity contribution in [1.29, 1.82) is 0 Å². The molecule has 2 rings (SSSR count). The molecule has 0 bridgehead atoms. The number of carbonyl (C=O) groups excluding carboxylic acids is 1. The number of nitrogens with one attached hydrogen (secondary N) is 2. The lowest BCUT2D eigenvalue weighted by atomic mass is 10.1. The first kappa shape index (κ1) is 23.3. The third kappa shape index (κ3) is 5.55. The van der Waals surface area contributed by atoms with Crippen molar-refractivity contribution >= 4 is 27.3 Å². The SMILES string of the molecule is COc1ccc(NC(C)=O)c(NS(=O)(=O)c2cc(C(F)(F)F)cc(C(F)(F)F)c2)c1. The minimum atomic E-state index is -5.22. The molecule has 2 aromatic carbocycles. The van der Waals surface area contributed by atoms with E-state index in [4.69, 9.17) is 4.74 Å². The van der Waals surface area contributed by atoms with E-state index in [1.807, 2.05) is 4.72 Å². The van der Waals surface area contributed by atoms with Gasteiger partial charge in [0.1, 0.15) is 5.75 Å². The van der Waals surface area contributed by atoms with Crippen LogP contribution in [0.4, 0.5) is 37.7 Å². The molecule has 0 spiro atoms. The van der Waals surface area contributed by atoms with Crippen LogP contribution in [0.3, 0.4) is 0 Å². The minimum Gasteiger partial charge on any atom is -0.497 e. The molecule has 0 saturated carbocycles. The molecular weight excluding hydrogens is 442 g/mol. The minimum absolute atomic E-state index is 0.0792. The third-order valence-corrected chi connectivity index (χ3v) is 5.00. The van der Waals surface area contributed by atoms with Crippen LogP contribution in [0.1, 0.15) is 18.1 Å². The Balaban J connectivity index is 2.61. The van der Waals surface area contributed by atoms with Crippen molar-refractivity contribution in [2.45, 2.75) is 24.2 Å². The number of carbonyl (C=O) groups is 1. The Bertz CT molecular complexity index is 1030. The Morgan fingerprint density at radius 2 is 1.43 bits per heavy atom. The van der Waals surface area contributed by atoms with E-state index in [0.29, 0.717) is 0 Å². The van der Waals surface area contributed by atoms with Crippen LogP contribution < -0.4 is 14.8 Å². The molecule has 0 aliphatic carbocycles. The molecule has 0 atom stereocenters. The average Bonchev–Trinajstić information content (AvgIpc) is 2.60. The lowest BCUT2D eigenvalue weighted by Gasteiger charge is -2.17. The van der Waals surface area contributed by atoms with Gasteiger partial charge in [-0.05, 0) is 30.3 Å². The number of sulfonamides is 1. The number of hydrogen-bond donors (Lipinski definition) is 2. The van der Waals surface area contributed by atoms with E-state index >= 15 is 0 Å². The van der Waals surface area contributed by atoms with Gasteiger partial charge in [0.25, 0.3) is 10.0 Å². The molecule has 2 N–H and O–H groups in total. The standard InChI is InChI=1S/C17H14F6N2O4S/c1-9(26)24-14-4-3-12(29-2)8-15(14)25-30(27,28)13-6-10(16(18,19)20)5-11(7-13)17(21,22)23/h3-8,25H,1-2H3,(H,24,26). The van der Waals surface area contributed by atoms with E-state index in [9.17, 15) is 39.6 Å². The van der Waals surface area contributed by atoms with E-state index in [1.165, 1.54) is 19.2 Å². The summed E-state index contributed by atoms with van der Waals surface area (Å²) in [5, 5.41) is 2.29. The van der Waals surface area contributed by atoms with Crippen LogP contribution >= 0.6 is 0 Å². The molecule has 0 aliphatic heterocycles. The molecule has 0 aliphatic rings. The predicted octanol–water partition coefficient (Wildman–Crippen LogP) is 4.49. The number of anilines is 2. The molecule has 0 fully saturated rings. The molecule has 0 aromatic heterocycles. The monoisotopic (exact) mass is 456 g/mol. The van der Waals surface area contributed by atoms with Crippen LogP contribution in [0.5, 0.6) is 5.75 Å². The Kier molecular flexibility index (Phi) is 6.26. The summed E-state index contributed by atoms with van der Waals surface area (Å²) in [4.78, 5) is 10.0. The van der Waals surface area contributed by atoms with Crippen LogP contribution in [0, 0.1) is 0 Å². The van der Waals surface area contributed by atoms with Crippen molar-refractivity contribution in [3.63, 3.8) is 0 Å². The summed E-state index contributed by atoms with van der Waals surface area (Å²) in [5.41, 5.74) is -3.98. The van der Waals surface area contributed by atoms with Crippen LogP contribution in [-0.2, 0) is 27.2 Å². The molecule has 2 aromatic rings. The lowest BCUT2D eigenvalue weighted by Crippen LogP contribution is -2.18. The van der Waals surface area contributed by atoms with E-state index in [0.717, 1.165) is 13.0 Å². The van der Waals surface area contributed by atoms with E-state index in [-0.39, 0.29) is 35.3 Å². The van der Waals surface area contributed by atoms with Gasteiger partial charge in [0.15, 0.2) is 0 Å². The van der Waals surface area contributed by atoms with Crippen LogP contribution in [0.25, 0.3) is 0 Å². The molecule has 13 heteroatoms. The Morgan fingerprint density at radius 3 is 1.87 bits per heavy atom. The first-order valence-corrected chi connectivity index (χ1v) is 9.40. The van der Waals surface area contributed by atoms with E-state index < -0.39 is 44.3 Å². The lowest BCUT2D eigenvalue weighted by molar-refractivity contribution is -0.143. The van der Waals surface area contributed by atoms with Gasteiger partial charge in [-0.15, -0.1) is 0 Å². The molecule has 1 amide bonds. The smallest absolute Gasteiger partial charge is 0.416 e. The van der Waals surface area contributed by atoms with Crippen LogP contribution in [0.2, 0.25) is 0 Å². The molecule has 164 valence electrons. The van der Waals surface area contributed by atoms with Gasteiger partial charge in [-0.1, -0.05) is 0 Å². The number of rotatable bonds is 5. The molecular formula is C17H14F6N2O4S. The van der Waals surface area contributed by atoms with E-state index in [2.05, 4.69) is 5.32 Å². The van der Waals surface area contributed by atoms with Gasteiger partial charge in [0, 0.05) is 13.0 Å². The third-order valence-electron chi connectivity index (χ3n) is 3.65. The summed E-state index contributed by atoms with van der Waals surface area (Å²) in [7, 11) is -3.67. The van der Waals surface area contributed by atoms with Crippen molar-refractivity contribution in [2.75, 3.05) is 17.1 Å². The van der Waals surface area contributed by atoms with Gasteiger partial charge >= 0.3 is 12.4 Å². The molecule has 0 radical (unpaired) electrons. The second-order valence-electron chi connectivity index (χ2n) is 5.94. The van der Waals surface area contributed by atoms with Crippen LogP contribution in [-0.4, -0.2) is 21.4 Å². The topological polar surface area (TPSA) is 84.5 Å². The molecule has 0 saturated heterocycles. The number of hydrogen-bond acceptors (Lipinski definition) is 4. The van der Waals surface area contributed by atoms with Gasteiger partial charge < -0.3 is 10.1 Å². The Hall–Kier alpha value is -2.96. The predicted molar refractivity (Wildman–Crippen MR) is 94.6 cm³/mol. The fourth-order valence-corrected chi connectivity index (χ4v) is 3.46. The van der Waals surface area contributed by atoms with Crippen molar-refractivity contribution in [1.82, 2.24) is 0 Å². The molecule has 0 unspecified atom stereocenters. The summed E-state index contributed by atoms with van der Waals surface area (Å²) in [6.07, 6.45) is -10.4. The zero-order chi connectivity index (χ0) is 22.9. The molecule has 0 heterocycles. The quantitative estimate of drug-likeness (QED) is 0.650. The summed E-state index contributed by atoms with van der Waals surface area (Å²) in [6, 6.07) is 3.67. The molecule has 30 heavy (non-hydrogen) atoms. The zero-order valence-corrected chi connectivity index (χ0v) is 16.1. The van der Waals surface area contributed by atoms with Crippen molar-refractivity contribution in [2.24, 2.45) is 0 Å². The van der Waals surface area contributed by atoms with Crippen LogP contribution in [0.15, 0.2) is 41.3 Å². The zero-order valence-electron chi connectivity index (χ0n) is 15.3. The number of methoxy groups -OCH3 is 1. The second-order valence-corrected chi connectivity index (χ2v) is 7.62. The number of alkyl halides is 6. The highest BCUT2D eigenvalue weighted by molar-refractivity contribution is 7.92. The number of benzene rings is 2. The summed E-state index contributed by atoms with van der Waals surface area (Å²) < 4.78 is 110. The maximum Gasteiger partial charge on any atom is 0.416 e. The normalized spacial score (nSPS) is 12.4. The van der Waals surface area contributed by atoms with Gasteiger partial charge in [0.05, 0.1) is 34.5 Å². The van der Waals surface area contributed by atoms with Crippen molar-refractivity contribution in [3.05, 3.63) is 47.5 Å². The van der Waals surface area contributed by atoms with Gasteiger partial charge in [-0.3, -0.25) is 9.52 Å². The first-order valence-electron chi connectivity index (χ1n) is 7.91. The van der Waals surface area contributed by atoms with Crippen molar-refractivity contribution in [3.8, 4) is 5.75 Å². The maximum absolute atomic E-state index is 13.0. The Morgan fingerprint density at radius 1 is 0.900 bits per heavy atom. The highest BCUT2D eigenvalue weighted by Gasteiger charge is 2.38. The number of amides is 1. The second kappa shape index (κ2) is 8.05. The van der Waals surface area contributed by atoms with Gasteiger partial charge in [-0.25, -0.2) is 8.42 Å². The van der Waals surface area contributed by atoms with E-state index in [1.54, 1.807) is 0 Å². The summed E-state index contributed by atoms with van der Waals surface area (Å²) in [6.45, 7) is 1.12. The van der Waals surface area contributed by atoms with Gasteiger partial charge in [-0.2, -0.15) is 26.3 Å². The van der Waals surface area contributed by atoms with Crippen molar-refractivity contribution < 1.29 is 44.3 Å². The first-order chi connectivity index (χ1) is 13.6.